The second kappa shape index (κ2) is 5.61. The maximum atomic E-state index is 12.3. The van der Waals surface area contributed by atoms with Crippen LogP contribution in [0.15, 0.2) is 30.3 Å². The maximum Gasteiger partial charge on any atom is 0.410 e. The van der Waals surface area contributed by atoms with Crippen molar-refractivity contribution >= 4 is 6.09 Å². The first-order chi connectivity index (χ1) is 9.34. The van der Waals surface area contributed by atoms with Gasteiger partial charge in [-0.25, -0.2) is 4.79 Å². The van der Waals surface area contributed by atoms with E-state index in [4.69, 9.17) is 4.74 Å². The van der Waals surface area contributed by atoms with Gasteiger partial charge in [-0.2, -0.15) is 0 Å². The second-order valence-corrected chi connectivity index (χ2v) is 5.33. The molecule has 4 nitrogen and oxygen atoms in total. The summed E-state index contributed by atoms with van der Waals surface area (Å²) in [7, 11) is 0. The van der Waals surface area contributed by atoms with Gasteiger partial charge in [-0.3, -0.25) is 0 Å². The molecule has 3 rings (SSSR count). The number of benzene rings is 1. The lowest BCUT2D eigenvalue weighted by atomic mass is 10.1. The largest absolute Gasteiger partial charge is 0.445 e. The zero-order chi connectivity index (χ0) is 13.1. The Labute approximate surface area is 113 Å². The minimum atomic E-state index is -0.153. The average Bonchev–Trinajstić information content (AvgIpc) is 2.71. The lowest BCUT2D eigenvalue weighted by Gasteiger charge is -2.26. The smallest absolute Gasteiger partial charge is 0.410 e. The Balaban J connectivity index is 1.61. The van der Waals surface area contributed by atoms with Crippen molar-refractivity contribution in [1.29, 1.82) is 0 Å². The number of carbonyl (C=O) groups excluding carboxylic acids is 1. The molecule has 2 aliphatic heterocycles. The molecule has 2 fully saturated rings. The Hall–Kier alpha value is -1.55. The first kappa shape index (κ1) is 12.5. The SMILES string of the molecule is O=C(OCc1ccccc1)N1C2CCNCC1CC2. The Morgan fingerprint density at radius 2 is 2.00 bits per heavy atom. The number of hydrogen-bond acceptors (Lipinski definition) is 3. The third-order valence-electron chi connectivity index (χ3n) is 4.07. The summed E-state index contributed by atoms with van der Waals surface area (Å²) < 4.78 is 5.46. The molecule has 1 amide bonds. The van der Waals surface area contributed by atoms with Crippen LogP contribution in [-0.4, -0.2) is 36.2 Å². The number of fused-ring (bicyclic) bond motifs is 2. The van der Waals surface area contributed by atoms with Crippen LogP contribution >= 0.6 is 0 Å². The number of nitrogens with zero attached hydrogens (tertiary/aromatic N) is 1. The highest BCUT2D eigenvalue weighted by Crippen LogP contribution is 2.28. The quantitative estimate of drug-likeness (QED) is 0.886. The van der Waals surface area contributed by atoms with E-state index < -0.39 is 0 Å². The van der Waals surface area contributed by atoms with Crippen LogP contribution in [-0.2, 0) is 11.3 Å². The summed E-state index contributed by atoms with van der Waals surface area (Å²) in [5.74, 6) is 0. The number of nitrogens with one attached hydrogen (secondary N) is 1. The van der Waals surface area contributed by atoms with Crippen LogP contribution in [0.3, 0.4) is 0 Å². The van der Waals surface area contributed by atoms with E-state index in [9.17, 15) is 4.79 Å². The van der Waals surface area contributed by atoms with Crippen molar-refractivity contribution in [3.05, 3.63) is 35.9 Å². The van der Waals surface area contributed by atoms with Gasteiger partial charge in [0.05, 0.1) is 0 Å². The van der Waals surface area contributed by atoms with Gasteiger partial charge < -0.3 is 15.0 Å². The van der Waals surface area contributed by atoms with Crippen LogP contribution in [0.5, 0.6) is 0 Å². The summed E-state index contributed by atoms with van der Waals surface area (Å²) in [5, 5.41) is 3.39. The van der Waals surface area contributed by atoms with Crippen molar-refractivity contribution in [2.75, 3.05) is 13.1 Å². The molecule has 2 bridgehead atoms. The van der Waals surface area contributed by atoms with E-state index in [2.05, 4.69) is 5.32 Å². The van der Waals surface area contributed by atoms with E-state index in [0.717, 1.165) is 37.9 Å². The topological polar surface area (TPSA) is 41.6 Å². The molecular weight excluding hydrogens is 240 g/mol. The molecule has 2 saturated heterocycles. The second-order valence-electron chi connectivity index (χ2n) is 5.33. The predicted octanol–water partition coefficient (Wildman–Crippen LogP) is 2.15. The molecule has 0 saturated carbocycles. The number of rotatable bonds is 2. The zero-order valence-electron chi connectivity index (χ0n) is 11.0. The van der Waals surface area contributed by atoms with Gasteiger partial charge >= 0.3 is 6.09 Å². The van der Waals surface area contributed by atoms with Crippen molar-refractivity contribution in [2.24, 2.45) is 0 Å². The molecule has 0 aromatic heterocycles. The van der Waals surface area contributed by atoms with E-state index in [0.29, 0.717) is 18.7 Å². The summed E-state index contributed by atoms with van der Waals surface area (Å²) in [6.07, 6.45) is 3.10. The van der Waals surface area contributed by atoms with Crippen LogP contribution in [0.25, 0.3) is 0 Å². The summed E-state index contributed by atoms with van der Waals surface area (Å²) in [4.78, 5) is 14.2. The molecule has 2 aliphatic rings. The minimum absolute atomic E-state index is 0.153. The summed E-state index contributed by atoms with van der Waals surface area (Å²) in [6, 6.07) is 10.5. The highest BCUT2D eigenvalue weighted by molar-refractivity contribution is 5.69. The standard InChI is InChI=1S/C15H20N2O2/c18-15(19-11-12-4-2-1-3-5-12)17-13-6-7-14(17)10-16-9-8-13/h1-5,13-14,16H,6-11H2. The first-order valence-corrected chi connectivity index (χ1v) is 7.04. The molecule has 0 spiro atoms. The molecule has 1 aromatic carbocycles. The van der Waals surface area contributed by atoms with Gasteiger partial charge in [0.1, 0.15) is 6.61 Å². The summed E-state index contributed by atoms with van der Waals surface area (Å²) in [6.45, 7) is 2.27. The molecule has 2 heterocycles. The highest BCUT2D eigenvalue weighted by atomic mass is 16.6. The molecule has 1 N–H and O–H groups in total. The van der Waals surface area contributed by atoms with Gasteiger partial charge in [-0.05, 0) is 31.4 Å². The van der Waals surface area contributed by atoms with Crippen LogP contribution in [0.2, 0.25) is 0 Å². The zero-order valence-corrected chi connectivity index (χ0v) is 11.0. The molecule has 1 aromatic rings. The molecular formula is C15H20N2O2. The third kappa shape index (κ3) is 2.73. The van der Waals surface area contributed by atoms with Crippen LogP contribution < -0.4 is 5.32 Å². The van der Waals surface area contributed by atoms with Crippen molar-refractivity contribution < 1.29 is 9.53 Å². The monoisotopic (exact) mass is 260 g/mol. The fourth-order valence-electron chi connectivity index (χ4n) is 3.07. The third-order valence-corrected chi connectivity index (χ3v) is 4.07. The van der Waals surface area contributed by atoms with E-state index in [1.165, 1.54) is 0 Å². The predicted molar refractivity (Wildman–Crippen MR) is 72.8 cm³/mol. The molecule has 2 unspecified atom stereocenters. The van der Waals surface area contributed by atoms with Crippen LogP contribution in [0, 0.1) is 0 Å². The van der Waals surface area contributed by atoms with Gasteiger partial charge in [0.15, 0.2) is 0 Å². The average molecular weight is 260 g/mol. The molecule has 2 atom stereocenters. The van der Waals surface area contributed by atoms with Crippen molar-refractivity contribution in [3.8, 4) is 0 Å². The Morgan fingerprint density at radius 3 is 2.84 bits per heavy atom. The first-order valence-electron chi connectivity index (χ1n) is 7.04. The normalized spacial score (nSPS) is 26.0. The fraction of sp³-hybridized carbons (Fsp3) is 0.533. The lowest BCUT2D eigenvalue weighted by Crippen LogP contribution is -2.42. The Morgan fingerprint density at radius 1 is 1.21 bits per heavy atom. The summed E-state index contributed by atoms with van der Waals surface area (Å²) >= 11 is 0. The number of carbonyl (C=O) groups is 1. The maximum absolute atomic E-state index is 12.3. The highest BCUT2D eigenvalue weighted by Gasteiger charge is 2.38. The van der Waals surface area contributed by atoms with Crippen molar-refractivity contribution in [3.63, 3.8) is 0 Å². The van der Waals surface area contributed by atoms with Gasteiger partial charge in [0, 0.05) is 18.6 Å². The van der Waals surface area contributed by atoms with Gasteiger partial charge in [-0.15, -0.1) is 0 Å². The van der Waals surface area contributed by atoms with Crippen molar-refractivity contribution in [1.82, 2.24) is 10.2 Å². The molecule has 4 heteroatoms. The van der Waals surface area contributed by atoms with E-state index in [1.54, 1.807) is 0 Å². The number of hydrogen-bond donors (Lipinski definition) is 1. The summed E-state index contributed by atoms with van der Waals surface area (Å²) in [5.41, 5.74) is 1.04. The van der Waals surface area contributed by atoms with Crippen molar-refractivity contribution in [2.45, 2.75) is 38.0 Å². The van der Waals surface area contributed by atoms with Gasteiger partial charge in [0.2, 0.25) is 0 Å². The Bertz CT molecular complexity index is 421. The molecule has 0 aliphatic carbocycles. The van der Waals surface area contributed by atoms with Crippen LogP contribution in [0.1, 0.15) is 24.8 Å². The lowest BCUT2D eigenvalue weighted by molar-refractivity contribution is 0.0809. The number of ether oxygens (including phenoxy) is 1. The van der Waals surface area contributed by atoms with Crippen LogP contribution in [0.4, 0.5) is 4.79 Å². The minimum Gasteiger partial charge on any atom is -0.445 e. The van der Waals surface area contributed by atoms with E-state index >= 15 is 0 Å². The van der Waals surface area contributed by atoms with E-state index in [1.807, 2.05) is 35.2 Å². The van der Waals surface area contributed by atoms with Gasteiger partial charge in [0.25, 0.3) is 0 Å². The molecule has 19 heavy (non-hydrogen) atoms. The van der Waals surface area contributed by atoms with Gasteiger partial charge in [-0.1, -0.05) is 30.3 Å². The fourth-order valence-corrected chi connectivity index (χ4v) is 3.07. The Kier molecular flexibility index (Phi) is 3.69. The molecule has 0 radical (unpaired) electrons. The molecule has 102 valence electrons. The number of amides is 1. The van der Waals surface area contributed by atoms with E-state index in [-0.39, 0.29) is 6.09 Å².